The lowest BCUT2D eigenvalue weighted by Crippen LogP contribution is -2.25. The average Bonchev–Trinajstić information content (AvgIpc) is 2.55. The minimum absolute atomic E-state index is 0.108. The zero-order valence-corrected chi connectivity index (χ0v) is 13.2. The van der Waals surface area contributed by atoms with Crippen LogP contribution in [0.5, 0.6) is 0 Å². The SMILES string of the molecule is COC(=O)/C=C/c1ccc(C)c(NC(=O)C2CCCCC2)c1. The fourth-order valence-electron chi connectivity index (χ4n) is 2.71. The van der Waals surface area contributed by atoms with E-state index in [4.69, 9.17) is 0 Å². The summed E-state index contributed by atoms with van der Waals surface area (Å²) in [5.41, 5.74) is 2.68. The number of carbonyl (C=O) groups excluding carboxylic acids is 2. The van der Waals surface area contributed by atoms with Crippen molar-refractivity contribution in [3.63, 3.8) is 0 Å². The van der Waals surface area contributed by atoms with Gasteiger partial charge in [0.2, 0.25) is 5.91 Å². The van der Waals surface area contributed by atoms with Gasteiger partial charge >= 0.3 is 5.97 Å². The summed E-state index contributed by atoms with van der Waals surface area (Å²) in [6.07, 6.45) is 8.52. The first-order valence-corrected chi connectivity index (χ1v) is 7.77. The molecule has 1 N–H and O–H groups in total. The first-order chi connectivity index (χ1) is 10.6. The summed E-state index contributed by atoms with van der Waals surface area (Å²) in [7, 11) is 1.34. The third kappa shape index (κ3) is 4.45. The van der Waals surface area contributed by atoms with Crippen LogP contribution in [0.1, 0.15) is 43.2 Å². The molecule has 0 heterocycles. The highest BCUT2D eigenvalue weighted by molar-refractivity contribution is 5.94. The molecule has 0 unspecified atom stereocenters. The van der Waals surface area contributed by atoms with Crippen molar-refractivity contribution < 1.29 is 14.3 Å². The van der Waals surface area contributed by atoms with Crippen LogP contribution in [0.15, 0.2) is 24.3 Å². The molecule has 0 aliphatic heterocycles. The van der Waals surface area contributed by atoms with Crippen LogP contribution in [0, 0.1) is 12.8 Å². The zero-order valence-electron chi connectivity index (χ0n) is 13.2. The normalized spacial score (nSPS) is 15.7. The molecule has 1 fully saturated rings. The third-order valence-corrected chi connectivity index (χ3v) is 4.11. The molecule has 1 aliphatic carbocycles. The van der Waals surface area contributed by atoms with Gasteiger partial charge in [0.15, 0.2) is 0 Å². The molecule has 22 heavy (non-hydrogen) atoms. The summed E-state index contributed by atoms with van der Waals surface area (Å²) in [5.74, 6) is -0.160. The molecule has 1 aromatic carbocycles. The van der Waals surface area contributed by atoms with Crippen LogP contribution in [0.2, 0.25) is 0 Å². The molecule has 2 rings (SSSR count). The van der Waals surface area contributed by atoms with Gasteiger partial charge in [0.05, 0.1) is 7.11 Å². The van der Waals surface area contributed by atoms with Crippen LogP contribution in [-0.4, -0.2) is 19.0 Å². The molecule has 0 aromatic heterocycles. The molecular formula is C18H23NO3. The van der Waals surface area contributed by atoms with Gasteiger partial charge in [-0.2, -0.15) is 0 Å². The summed E-state index contributed by atoms with van der Waals surface area (Å²) >= 11 is 0. The fourth-order valence-corrected chi connectivity index (χ4v) is 2.71. The first-order valence-electron chi connectivity index (χ1n) is 7.77. The van der Waals surface area contributed by atoms with Gasteiger partial charge in [0, 0.05) is 17.7 Å². The van der Waals surface area contributed by atoms with Crippen molar-refractivity contribution >= 4 is 23.6 Å². The number of benzene rings is 1. The molecule has 0 bridgehead atoms. The minimum Gasteiger partial charge on any atom is -0.466 e. The van der Waals surface area contributed by atoms with E-state index in [9.17, 15) is 9.59 Å². The van der Waals surface area contributed by atoms with E-state index in [0.29, 0.717) is 0 Å². The van der Waals surface area contributed by atoms with E-state index in [-0.39, 0.29) is 11.8 Å². The van der Waals surface area contributed by atoms with Crippen molar-refractivity contribution in [3.8, 4) is 0 Å². The molecule has 4 heteroatoms. The second-order valence-electron chi connectivity index (χ2n) is 5.76. The van der Waals surface area contributed by atoms with Gasteiger partial charge in [-0.3, -0.25) is 4.79 Å². The number of amides is 1. The smallest absolute Gasteiger partial charge is 0.330 e. The van der Waals surface area contributed by atoms with Crippen LogP contribution in [0.4, 0.5) is 5.69 Å². The summed E-state index contributed by atoms with van der Waals surface area (Å²) in [6.45, 7) is 1.96. The second-order valence-corrected chi connectivity index (χ2v) is 5.76. The molecule has 4 nitrogen and oxygen atoms in total. The van der Waals surface area contributed by atoms with Crippen molar-refractivity contribution in [2.75, 3.05) is 12.4 Å². The average molecular weight is 301 g/mol. The Hall–Kier alpha value is -2.10. The lowest BCUT2D eigenvalue weighted by molar-refractivity contribution is -0.134. The van der Waals surface area contributed by atoms with Crippen molar-refractivity contribution in [1.29, 1.82) is 0 Å². The van der Waals surface area contributed by atoms with Crippen molar-refractivity contribution in [2.45, 2.75) is 39.0 Å². The summed E-state index contributed by atoms with van der Waals surface area (Å²) in [4.78, 5) is 23.5. The number of hydrogen-bond acceptors (Lipinski definition) is 3. The monoisotopic (exact) mass is 301 g/mol. The maximum absolute atomic E-state index is 12.3. The van der Waals surface area contributed by atoms with Gasteiger partial charge in [0.25, 0.3) is 0 Å². The standard InChI is InChI=1S/C18H23NO3/c1-13-8-9-14(10-11-17(20)22-2)12-16(13)19-18(21)15-6-4-3-5-7-15/h8-12,15H,3-7H2,1-2H3,(H,19,21)/b11-10+. The Morgan fingerprint density at radius 2 is 1.95 bits per heavy atom. The molecule has 0 spiro atoms. The minimum atomic E-state index is -0.395. The van der Waals surface area contributed by atoms with Crippen LogP contribution in [-0.2, 0) is 14.3 Å². The van der Waals surface area contributed by atoms with Gasteiger partial charge in [-0.15, -0.1) is 0 Å². The quantitative estimate of drug-likeness (QED) is 0.681. The number of hydrogen-bond donors (Lipinski definition) is 1. The number of methoxy groups -OCH3 is 1. The molecule has 1 amide bonds. The molecule has 0 atom stereocenters. The second kappa shape index (κ2) is 7.78. The number of nitrogens with one attached hydrogen (secondary N) is 1. The molecule has 0 saturated heterocycles. The van der Waals surface area contributed by atoms with Crippen LogP contribution in [0.25, 0.3) is 6.08 Å². The summed E-state index contributed by atoms with van der Waals surface area (Å²) < 4.78 is 4.57. The lowest BCUT2D eigenvalue weighted by atomic mass is 9.88. The fraction of sp³-hybridized carbons (Fsp3) is 0.444. The van der Waals surface area contributed by atoms with E-state index >= 15 is 0 Å². The Morgan fingerprint density at radius 1 is 1.23 bits per heavy atom. The highest BCUT2D eigenvalue weighted by Gasteiger charge is 2.21. The van der Waals surface area contributed by atoms with Gasteiger partial charge in [0.1, 0.15) is 0 Å². The highest BCUT2D eigenvalue weighted by atomic mass is 16.5. The molecule has 118 valence electrons. The van der Waals surface area contributed by atoms with Crippen molar-refractivity contribution in [2.24, 2.45) is 5.92 Å². The number of carbonyl (C=O) groups is 2. The first kappa shape index (κ1) is 16.3. The van der Waals surface area contributed by atoms with E-state index in [1.165, 1.54) is 19.6 Å². The number of aryl methyl sites for hydroxylation is 1. The van der Waals surface area contributed by atoms with Gasteiger partial charge in [-0.25, -0.2) is 4.79 Å². The highest BCUT2D eigenvalue weighted by Crippen LogP contribution is 2.26. The number of esters is 1. The molecular weight excluding hydrogens is 278 g/mol. The lowest BCUT2D eigenvalue weighted by Gasteiger charge is -2.21. The maximum atomic E-state index is 12.3. The summed E-state index contributed by atoms with van der Waals surface area (Å²) in [5, 5.41) is 3.03. The predicted octanol–water partition coefficient (Wildman–Crippen LogP) is 3.70. The van der Waals surface area contributed by atoms with Crippen LogP contribution >= 0.6 is 0 Å². The Balaban J connectivity index is 2.07. The Bertz CT molecular complexity index is 572. The summed E-state index contributed by atoms with van der Waals surface area (Å²) in [6, 6.07) is 5.73. The molecule has 0 radical (unpaired) electrons. The Morgan fingerprint density at radius 3 is 2.64 bits per heavy atom. The van der Waals surface area contributed by atoms with Crippen molar-refractivity contribution in [1.82, 2.24) is 0 Å². The van der Waals surface area contributed by atoms with E-state index in [1.54, 1.807) is 6.08 Å². The van der Waals surface area contributed by atoms with Crippen LogP contribution < -0.4 is 5.32 Å². The number of anilines is 1. The van der Waals surface area contributed by atoms with Gasteiger partial charge < -0.3 is 10.1 Å². The van der Waals surface area contributed by atoms with Gasteiger partial charge in [-0.05, 0) is 43.0 Å². The third-order valence-electron chi connectivity index (χ3n) is 4.11. The molecule has 1 aromatic rings. The maximum Gasteiger partial charge on any atom is 0.330 e. The van der Waals surface area contributed by atoms with Crippen LogP contribution in [0.3, 0.4) is 0 Å². The largest absolute Gasteiger partial charge is 0.466 e. The van der Waals surface area contributed by atoms with Crippen molar-refractivity contribution in [3.05, 3.63) is 35.4 Å². The molecule has 1 saturated carbocycles. The Kier molecular flexibility index (Phi) is 5.75. The molecule has 1 aliphatic rings. The zero-order chi connectivity index (χ0) is 15.9. The number of ether oxygens (including phenoxy) is 1. The van der Waals surface area contributed by atoms with E-state index in [0.717, 1.165) is 42.5 Å². The number of rotatable bonds is 4. The Labute approximate surface area is 131 Å². The van der Waals surface area contributed by atoms with E-state index < -0.39 is 5.97 Å². The van der Waals surface area contributed by atoms with E-state index in [2.05, 4.69) is 10.1 Å². The van der Waals surface area contributed by atoms with Gasteiger partial charge in [-0.1, -0.05) is 31.4 Å². The van der Waals surface area contributed by atoms with E-state index in [1.807, 2.05) is 25.1 Å². The predicted molar refractivity (Wildman–Crippen MR) is 87.4 cm³/mol. The topological polar surface area (TPSA) is 55.4 Å².